The van der Waals surface area contributed by atoms with Gasteiger partial charge >= 0.3 is 0 Å². The summed E-state index contributed by atoms with van der Waals surface area (Å²) in [6.45, 7) is 6.00. The van der Waals surface area contributed by atoms with Crippen molar-refractivity contribution in [1.29, 1.82) is 5.26 Å². The molecule has 1 aliphatic carbocycles. The van der Waals surface area contributed by atoms with Crippen molar-refractivity contribution in [3.05, 3.63) is 39.2 Å². The van der Waals surface area contributed by atoms with Gasteiger partial charge in [0.15, 0.2) is 0 Å². The molecule has 0 spiro atoms. The molecule has 3 heterocycles. The first kappa shape index (κ1) is 15.6. The van der Waals surface area contributed by atoms with E-state index in [2.05, 4.69) is 21.0 Å². The first-order chi connectivity index (χ1) is 11.6. The van der Waals surface area contributed by atoms with Crippen molar-refractivity contribution in [1.82, 2.24) is 15.0 Å². The highest BCUT2D eigenvalue weighted by Gasteiger charge is 2.23. The largest absolute Gasteiger partial charge is 0.245 e. The van der Waals surface area contributed by atoms with E-state index in [0.717, 1.165) is 44.5 Å². The van der Waals surface area contributed by atoms with Gasteiger partial charge in [0.1, 0.15) is 27.3 Å². The van der Waals surface area contributed by atoms with Gasteiger partial charge in [-0.05, 0) is 68.5 Å². The highest BCUT2D eigenvalue weighted by atomic mass is 32.2. The summed E-state index contributed by atoms with van der Waals surface area (Å²) in [6.07, 6.45) is 5.07. The molecule has 120 valence electrons. The third-order valence-corrected chi connectivity index (χ3v) is 6.93. The Bertz CT molecular complexity index is 1010. The average Bonchev–Trinajstić information content (AvgIpc) is 3.14. The maximum atomic E-state index is 9.59. The Balaban J connectivity index is 1.88. The standard InChI is InChI=1S/C18H16N4S2/c1-9-10(2)13(7-19)16(22-11(9)3)24-18-15-12-5-4-6-14(12)23-17(15)20-8-21-18/h8H,4-6H2,1-3H3. The monoisotopic (exact) mass is 352 g/mol. The molecule has 0 amide bonds. The summed E-state index contributed by atoms with van der Waals surface area (Å²) in [5, 5.41) is 12.4. The molecular formula is C18H16N4S2. The molecule has 4 nitrogen and oxygen atoms in total. The summed E-state index contributed by atoms with van der Waals surface area (Å²) in [4.78, 5) is 16.1. The van der Waals surface area contributed by atoms with E-state index >= 15 is 0 Å². The number of rotatable bonds is 2. The van der Waals surface area contributed by atoms with Gasteiger partial charge < -0.3 is 0 Å². The molecule has 3 aromatic rings. The highest BCUT2D eigenvalue weighted by molar-refractivity contribution is 7.99. The molecule has 0 N–H and O–H groups in total. The minimum Gasteiger partial charge on any atom is -0.245 e. The number of hydrogen-bond acceptors (Lipinski definition) is 6. The van der Waals surface area contributed by atoms with Crippen LogP contribution in [0.2, 0.25) is 0 Å². The Morgan fingerprint density at radius 1 is 1.12 bits per heavy atom. The maximum absolute atomic E-state index is 9.59. The summed E-state index contributed by atoms with van der Waals surface area (Å²) < 4.78 is 0. The first-order valence-electron chi connectivity index (χ1n) is 7.91. The molecule has 6 heteroatoms. The van der Waals surface area contributed by atoms with E-state index in [0.29, 0.717) is 5.56 Å². The topological polar surface area (TPSA) is 62.5 Å². The minimum absolute atomic E-state index is 0.654. The van der Waals surface area contributed by atoms with Crippen LogP contribution in [0, 0.1) is 32.1 Å². The lowest BCUT2D eigenvalue weighted by Gasteiger charge is -2.11. The quantitative estimate of drug-likeness (QED) is 0.634. The molecule has 0 aromatic carbocycles. The van der Waals surface area contributed by atoms with Crippen molar-refractivity contribution in [3.63, 3.8) is 0 Å². The van der Waals surface area contributed by atoms with Gasteiger partial charge in [0.2, 0.25) is 0 Å². The van der Waals surface area contributed by atoms with Crippen molar-refractivity contribution in [2.45, 2.75) is 50.1 Å². The summed E-state index contributed by atoms with van der Waals surface area (Å²) in [7, 11) is 0. The summed E-state index contributed by atoms with van der Waals surface area (Å²) >= 11 is 3.28. The van der Waals surface area contributed by atoms with Gasteiger partial charge in [-0.1, -0.05) is 0 Å². The van der Waals surface area contributed by atoms with Crippen LogP contribution in [0.3, 0.4) is 0 Å². The third-order valence-electron chi connectivity index (χ3n) is 4.74. The Labute approximate surface area is 149 Å². The molecule has 4 rings (SSSR count). The second-order valence-electron chi connectivity index (χ2n) is 6.06. The summed E-state index contributed by atoms with van der Waals surface area (Å²) in [6, 6.07) is 2.32. The molecule has 0 bridgehead atoms. The van der Waals surface area contributed by atoms with Crippen molar-refractivity contribution >= 4 is 33.3 Å². The van der Waals surface area contributed by atoms with Crippen molar-refractivity contribution in [2.75, 3.05) is 0 Å². The smallest absolute Gasteiger partial charge is 0.128 e. The molecule has 0 saturated heterocycles. The number of hydrogen-bond donors (Lipinski definition) is 0. The molecular weight excluding hydrogens is 336 g/mol. The fourth-order valence-electron chi connectivity index (χ4n) is 3.19. The number of aryl methyl sites for hydroxylation is 3. The van der Waals surface area contributed by atoms with Gasteiger partial charge in [-0.25, -0.2) is 15.0 Å². The number of fused-ring (bicyclic) bond motifs is 3. The minimum atomic E-state index is 0.654. The van der Waals surface area contributed by atoms with Crippen LogP contribution < -0.4 is 0 Å². The van der Waals surface area contributed by atoms with Gasteiger partial charge in [-0.15, -0.1) is 11.3 Å². The number of thiophene rings is 1. The fourth-order valence-corrected chi connectivity index (χ4v) is 5.57. The summed E-state index contributed by atoms with van der Waals surface area (Å²) in [5.74, 6) is 0. The molecule has 3 aromatic heterocycles. The Morgan fingerprint density at radius 2 is 1.96 bits per heavy atom. The molecule has 0 fully saturated rings. The van der Waals surface area contributed by atoms with Crippen LogP contribution in [-0.4, -0.2) is 15.0 Å². The van der Waals surface area contributed by atoms with E-state index in [1.165, 1.54) is 34.0 Å². The lowest BCUT2D eigenvalue weighted by molar-refractivity contribution is 0.915. The number of aromatic nitrogens is 3. The molecule has 0 atom stereocenters. The maximum Gasteiger partial charge on any atom is 0.128 e. The van der Waals surface area contributed by atoms with Crippen LogP contribution in [0.5, 0.6) is 0 Å². The van der Waals surface area contributed by atoms with Gasteiger partial charge in [0.05, 0.1) is 5.56 Å². The van der Waals surface area contributed by atoms with E-state index < -0.39 is 0 Å². The highest BCUT2D eigenvalue weighted by Crippen LogP contribution is 2.42. The number of nitrogens with zero attached hydrogens (tertiary/aromatic N) is 4. The molecule has 0 aliphatic heterocycles. The zero-order chi connectivity index (χ0) is 16.8. The van der Waals surface area contributed by atoms with E-state index in [1.54, 1.807) is 17.7 Å². The van der Waals surface area contributed by atoms with Gasteiger partial charge in [0.25, 0.3) is 0 Å². The van der Waals surface area contributed by atoms with Gasteiger partial charge in [0, 0.05) is 16.0 Å². The molecule has 0 saturated carbocycles. The van der Waals surface area contributed by atoms with Crippen LogP contribution in [-0.2, 0) is 12.8 Å². The van der Waals surface area contributed by atoms with Crippen LogP contribution in [0.4, 0.5) is 0 Å². The molecule has 24 heavy (non-hydrogen) atoms. The third kappa shape index (κ3) is 2.31. The van der Waals surface area contributed by atoms with Crippen LogP contribution in [0.1, 0.15) is 39.2 Å². The molecule has 0 radical (unpaired) electrons. The predicted molar refractivity (Wildman–Crippen MR) is 96.7 cm³/mol. The predicted octanol–water partition coefficient (Wildman–Crippen LogP) is 4.52. The SMILES string of the molecule is Cc1nc(Sc2ncnc3sc4c(c23)CCC4)c(C#N)c(C)c1C. The zero-order valence-corrected chi connectivity index (χ0v) is 15.4. The molecule has 1 aliphatic rings. The fraction of sp³-hybridized carbons (Fsp3) is 0.333. The Kier molecular flexibility index (Phi) is 3.78. The Morgan fingerprint density at radius 3 is 2.75 bits per heavy atom. The second kappa shape index (κ2) is 5.83. The van der Waals surface area contributed by atoms with E-state index in [1.807, 2.05) is 20.8 Å². The number of pyridine rings is 1. The average molecular weight is 352 g/mol. The number of nitriles is 1. The van der Waals surface area contributed by atoms with Crippen LogP contribution in [0.25, 0.3) is 10.2 Å². The van der Waals surface area contributed by atoms with Gasteiger partial charge in [-0.2, -0.15) is 5.26 Å². The van der Waals surface area contributed by atoms with E-state index in [-0.39, 0.29) is 0 Å². The van der Waals surface area contributed by atoms with Gasteiger partial charge in [-0.3, -0.25) is 0 Å². The lowest BCUT2D eigenvalue weighted by atomic mass is 10.1. The molecule has 0 unspecified atom stereocenters. The summed E-state index contributed by atoms with van der Waals surface area (Å²) in [5.41, 5.74) is 5.11. The van der Waals surface area contributed by atoms with E-state index in [9.17, 15) is 5.26 Å². The lowest BCUT2D eigenvalue weighted by Crippen LogP contribution is -1.99. The zero-order valence-electron chi connectivity index (χ0n) is 13.8. The van der Waals surface area contributed by atoms with Crippen molar-refractivity contribution < 1.29 is 0 Å². The van der Waals surface area contributed by atoms with Crippen molar-refractivity contribution in [3.8, 4) is 6.07 Å². The Hall–Kier alpha value is -1.97. The van der Waals surface area contributed by atoms with Crippen LogP contribution in [0.15, 0.2) is 16.4 Å². The first-order valence-corrected chi connectivity index (χ1v) is 9.54. The van der Waals surface area contributed by atoms with E-state index in [4.69, 9.17) is 0 Å². The van der Waals surface area contributed by atoms with Crippen LogP contribution >= 0.6 is 23.1 Å². The van der Waals surface area contributed by atoms with Crippen molar-refractivity contribution in [2.24, 2.45) is 0 Å². The normalized spacial score (nSPS) is 13.2. The second-order valence-corrected chi connectivity index (χ2v) is 8.12.